The molecule has 2 aromatic carbocycles. The largest absolute Gasteiger partial charge is 0.468 e. The molecule has 0 aliphatic heterocycles. The zero-order valence-corrected chi connectivity index (χ0v) is 17.6. The number of rotatable bonds is 9. The van der Waals surface area contributed by atoms with Crippen molar-refractivity contribution >= 4 is 23.8 Å². The lowest BCUT2D eigenvalue weighted by Crippen LogP contribution is -2.53. The molecule has 0 radical (unpaired) electrons. The van der Waals surface area contributed by atoms with E-state index in [0.29, 0.717) is 11.1 Å². The summed E-state index contributed by atoms with van der Waals surface area (Å²) < 4.78 is 9.35. The molecule has 2 aromatic rings. The van der Waals surface area contributed by atoms with Gasteiger partial charge in [-0.3, -0.25) is 19.2 Å². The first-order valence-electron chi connectivity index (χ1n) is 9.67. The molecule has 0 aliphatic rings. The van der Waals surface area contributed by atoms with Gasteiger partial charge in [0.05, 0.1) is 20.1 Å². The molecule has 2 amide bonds. The third-order valence-corrected chi connectivity index (χ3v) is 5.09. The van der Waals surface area contributed by atoms with Gasteiger partial charge in [-0.2, -0.15) is 0 Å². The van der Waals surface area contributed by atoms with Crippen molar-refractivity contribution in [1.82, 2.24) is 5.32 Å². The van der Waals surface area contributed by atoms with Gasteiger partial charge in [-0.05, 0) is 11.1 Å². The lowest BCUT2D eigenvalue weighted by atomic mass is 9.85. The van der Waals surface area contributed by atoms with Crippen LogP contribution in [0.1, 0.15) is 24.0 Å². The Balaban J connectivity index is 2.39. The molecule has 8 nitrogen and oxygen atoms in total. The van der Waals surface area contributed by atoms with E-state index in [1.54, 1.807) is 48.5 Å². The highest BCUT2D eigenvalue weighted by Gasteiger charge is 2.42. The number of benzene rings is 2. The fourth-order valence-corrected chi connectivity index (χ4v) is 3.46. The zero-order valence-electron chi connectivity index (χ0n) is 17.6. The van der Waals surface area contributed by atoms with E-state index in [1.165, 1.54) is 6.92 Å². The first kappa shape index (κ1) is 23.6. The molecule has 0 aromatic heterocycles. The standard InChI is InChI=1S/C23H26N2O6/c1-14(17(22(28)30-2)23(29)31-3)19(20(24)26)25-21(27)18(15-10-6-4-7-11-15)16-12-8-5-9-13-16/h4-14,17-19H,1-3H3,(H2,24,26)(H,25,27)/t14-,19+/m0/s1. The van der Waals surface area contributed by atoms with Gasteiger partial charge in [0.25, 0.3) is 0 Å². The van der Waals surface area contributed by atoms with Crippen molar-refractivity contribution in [3.63, 3.8) is 0 Å². The van der Waals surface area contributed by atoms with Crippen molar-refractivity contribution in [2.45, 2.75) is 18.9 Å². The van der Waals surface area contributed by atoms with Crippen LogP contribution in [-0.4, -0.2) is 44.0 Å². The summed E-state index contributed by atoms with van der Waals surface area (Å²) in [6.07, 6.45) is 0. The normalized spacial score (nSPS) is 12.7. The molecular formula is C23H26N2O6. The molecule has 0 saturated carbocycles. The number of amides is 2. The molecule has 2 atom stereocenters. The van der Waals surface area contributed by atoms with Crippen LogP contribution in [0.25, 0.3) is 0 Å². The van der Waals surface area contributed by atoms with Crippen molar-refractivity contribution in [2.75, 3.05) is 14.2 Å². The Kier molecular flexibility index (Phi) is 8.31. The van der Waals surface area contributed by atoms with Crippen LogP contribution in [-0.2, 0) is 28.7 Å². The van der Waals surface area contributed by atoms with Crippen molar-refractivity contribution in [2.24, 2.45) is 17.6 Å². The van der Waals surface area contributed by atoms with Gasteiger partial charge < -0.3 is 20.5 Å². The van der Waals surface area contributed by atoms with Gasteiger partial charge in [0.1, 0.15) is 6.04 Å². The van der Waals surface area contributed by atoms with Crippen LogP contribution in [0, 0.1) is 11.8 Å². The minimum Gasteiger partial charge on any atom is -0.468 e. The third-order valence-electron chi connectivity index (χ3n) is 5.09. The monoisotopic (exact) mass is 426 g/mol. The fraction of sp³-hybridized carbons (Fsp3) is 0.304. The van der Waals surface area contributed by atoms with Crippen LogP contribution in [0.2, 0.25) is 0 Å². The molecule has 31 heavy (non-hydrogen) atoms. The molecule has 0 unspecified atom stereocenters. The molecule has 164 valence electrons. The Morgan fingerprint density at radius 2 is 1.23 bits per heavy atom. The highest BCUT2D eigenvalue weighted by Crippen LogP contribution is 2.26. The maximum atomic E-state index is 13.3. The average Bonchev–Trinajstić information content (AvgIpc) is 2.78. The van der Waals surface area contributed by atoms with Gasteiger partial charge in [-0.1, -0.05) is 67.6 Å². The van der Waals surface area contributed by atoms with Crippen LogP contribution in [0.3, 0.4) is 0 Å². The first-order valence-corrected chi connectivity index (χ1v) is 9.67. The molecule has 0 fully saturated rings. The minimum absolute atomic E-state index is 0.499. The Bertz CT molecular complexity index is 861. The molecule has 0 heterocycles. The summed E-state index contributed by atoms with van der Waals surface area (Å²) in [6.45, 7) is 1.45. The minimum atomic E-state index is -1.43. The predicted molar refractivity (Wildman–Crippen MR) is 113 cm³/mol. The summed E-state index contributed by atoms with van der Waals surface area (Å²) in [4.78, 5) is 49.8. The lowest BCUT2D eigenvalue weighted by Gasteiger charge is -2.28. The quantitative estimate of drug-likeness (QED) is 0.461. The predicted octanol–water partition coefficient (Wildman–Crippen LogP) is 1.39. The van der Waals surface area contributed by atoms with Gasteiger partial charge in [0.2, 0.25) is 11.8 Å². The number of carbonyl (C=O) groups excluding carboxylic acids is 4. The number of primary amides is 1. The van der Waals surface area contributed by atoms with Gasteiger partial charge in [0.15, 0.2) is 5.92 Å². The summed E-state index contributed by atoms with van der Waals surface area (Å²) in [6, 6.07) is 16.7. The highest BCUT2D eigenvalue weighted by atomic mass is 16.5. The number of esters is 2. The van der Waals surface area contributed by atoms with Crippen LogP contribution in [0.15, 0.2) is 60.7 Å². The molecular weight excluding hydrogens is 400 g/mol. The second-order valence-electron chi connectivity index (χ2n) is 7.03. The van der Waals surface area contributed by atoms with E-state index >= 15 is 0 Å². The van der Waals surface area contributed by atoms with Gasteiger partial charge in [-0.25, -0.2) is 0 Å². The molecule has 2 rings (SSSR count). The Hall–Kier alpha value is -3.68. The van der Waals surface area contributed by atoms with Crippen molar-refractivity contribution in [3.8, 4) is 0 Å². The first-order chi connectivity index (χ1) is 14.8. The number of hydrogen-bond donors (Lipinski definition) is 2. The second-order valence-corrected chi connectivity index (χ2v) is 7.03. The number of methoxy groups -OCH3 is 2. The maximum Gasteiger partial charge on any atom is 0.320 e. The number of ether oxygens (including phenoxy) is 2. The van der Waals surface area contributed by atoms with E-state index in [-0.39, 0.29) is 0 Å². The van der Waals surface area contributed by atoms with Crippen LogP contribution in [0.5, 0.6) is 0 Å². The number of hydrogen-bond acceptors (Lipinski definition) is 6. The Morgan fingerprint density at radius 3 is 1.58 bits per heavy atom. The highest BCUT2D eigenvalue weighted by molar-refractivity contribution is 5.97. The summed E-state index contributed by atoms with van der Waals surface area (Å²) in [5, 5.41) is 2.62. The topological polar surface area (TPSA) is 125 Å². The van der Waals surface area contributed by atoms with E-state index in [9.17, 15) is 19.2 Å². The van der Waals surface area contributed by atoms with Crippen molar-refractivity contribution < 1.29 is 28.7 Å². The Morgan fingerprint density at radius 1 is 0.806 bits per heavy atom. The van der Waals surface area contributed by atoms with Crippen molar-refractivity contribution in [1.29, 1.82) is 0 Å². The smallest absolute Gasteiger partial charge is 0.320 e. The third kappa shape index (κ3) is 5.69. The van der Waals surface area contributed by atoms with Crippen LogP contribution >= 0.6 is 0 Å². The second kappa shape index (κ2) is 10.9. The van der Waals surface area contributed by atoms with E-state index in [2.05, 4.69) is 14.8 Å². The number of nitrogens with two attached hydrogens (primary N) is 1. The SMILES string of the molecule is COC(=O)C(C(=O)OC)[C@H](C)[C@@H](NC(=O)C(c1ccccc1)c1ccccc1)C(N)=O. The zero-order chi connectivity index (χ0) is 23.0. The van der Waals surface area contributed by atoms with Crippen LogP contribution in [0.4, 0.5) is 0 Å². The molecule has 0 saturated heterocycles. The number of carbonyl (C=O) groups is 4. The van der Waals surface area contributed by atoms with E-state index in [4.69, 9.17) is 5.73 Å². The summed E-state index contributed by atoms with van der Waals surface area (Å²) >= 11 is 0. The Labute approximate surface area is 180 Å². The molecule has 3 N–H and O–H groups in total. The summed E-state index contributed by atoms with van der Waals surface area (Å²) in [5.41, 5.74) is 6.94. The van der Waals surface area contributed by atoms with E-state index in [1.807, 2.05) is 12.1 Å². The summed E-state index contributed by atoms with van der Waals surface area (Å²) in [7, 11) is 2.23. The number of nitrogens with one attached hydrogen (secondary N) is 1. The molecule has 8 heteroatoms. The van der Waals surface area contributed by atoms with E-state index < -0.39 is 47.5 Å². The summed E-state index contributed by atoms with van der Waals surface area (Å²) in [5.74, 6) is -6.33. The molecule has 0 aliphatic carbocycles. The van der Waals surface area contributed by atoms with Gasteiger partial charge >= 0.3 is 11.9 Å². The lowest BCUT2D eigenvalue weighted by molar-refractivity contribution is -0.162. The van der Waals surface area contributed by atoms with E-state index in [0.717, 1.165) is 14.2 Å². The molecule has 0 spiro atoms. The van der Waals surface area contributed by atoms with Crippen LogP contribution < -0.4 is 11.1 Å². The van der Waals surface area contributed by atoms with Gasteiger partial charge in [0, 0.05) is 5.92 Å². The molecule has 0 bridgehead atoms. The van der Waals surface area contributed by atoms with Crippen molar-refractivity contribution in [3.05, 3.63) is 71.8 Å². The maximum absolute atomic E-state index is 13.3. The fourth-order valence-electron chi connectivity index (χ4n) is 3.46. The average molecular weight is 426 g/mol. The van der Waals surface area contributed by atoms with Gasteiger partial charge in [-0.15, -0.1) is 0 Å².